The highest BCUT2D eigenvalue weighted by Gasteiger charge is 2.13. The van der Waals surface area contributed by atoms with Gasteiger partial charge in [0.2, 0.25) is 0 Å². The maximum absolute atomic E-state index is 11.5. The van der Waals surface area contributed by atoms with Gasteiger partial charge >= 0.3 is 5.97 Å². The van der Waals surface area contributed by atoms with Gasteiger partial charge < -0.3 is 5.11 Å². The van der Waals surface area contributed by atoms with Crippen LogP contribution in [-0.4, -0.2) is 25.8 Å². The van der Waals surface area contributed by atoms with Crippen LogP contribution in [0.2, 0.25) is 0 Å². The molecule has 5 nitrogen and oxygen atoms in total. The molecule has 0 atom stereocenters. The molecule has 0 saturated carbocycles. The quantitative estimate of drug-likeness (QED) is 0.411. The van der Waals surface area contributed by atoms with Gasteiger partial charge in [-0.05, 0) is 35.6 Å². The smallest absolute Gasteiger partial charge is 0.336 e. The first kappa shape index (κ1) is 21.8. The summed E-state index contributed by atoms with van der Waals surface area (Å²) in [5.41, 5.74) is 3.11. The summed E-state index contributed by atoms with van der Waals surface area (Å²) < 4.78 is 2.08. The second-order valence-electron chi connectivity index (χ2n) is 7.70. The molecule has 30 heavy (non-hydrogen) atoms. The molecule has 0 spiro atoms. The summed E-state index contributed by atoms with van der Waals surface area (Å²) in [5, 5.41) is 14.2. The van der Waals surface area contributed by atoms with Crippen molar-refractivity contribution in [3.8, 4) is 11.1 Å². The van der Waals surface area contributed by atoms with Crippen LogP contribution in [0.5, 0.6) is 0 Å². The van der Waals surface area contributed by atoms with E-state index in [4.69, 9.17) is 10.1 Å². The summed E-state index contributed by atoms with van der Waals surface area (Å²) in [5.74, 6) is 1.03. The van der Waals surface area contributed by atoms with Gasteiger partial charge in [0.25, 0.3) is 0 Å². The summed E-state index contributed by atoms with van der Waals surface area (Å²) in [7, 11) is 0. The SMILES string of the molecule is CCCCCCn1nc(CCC)nc1Cc1ccc(-c2ccccc2C(=O)O)cc1. The Labute approximate surface area is 178 Å². The number of carboxylic acid groups (broad SMARTS) is 1. The summed E-state index contributed by atoms with van der Waals surface area (Å²) in [4.78, 5) is 16.3. The first-order chi connectivity index (χ1) is 14.6. The molecule has 3 rings (SSSR count). The topological polar surface area (TPSA) is 68.0 Å². The lowest BCUT2D eigenvalue weighted by molar-refractivity contribution is 0.0697. The molecule has 1 N–H and O–H groups in total. The minimum absolute atomic E-state index is 0.321. The molecule has 0 aliphatic rings. The van der Waals surface area contributed by atoms with Gasteiger partial charge in [-0.3, -0.25) is 0 Å². The normalized spacial score (nSPS) is 11.0. The number of unbranched alkanes of at least 4 members (excludes halogenated alkanes) is 3. The second-order valence-corrected chi connectivity index (χ2v) is 7.70. The van der Waals surface area contributed by atoms with Crippen molar-refractivity contribution >= 4 is 5.97 Å². The molecule has 0 radical (unpaired) electrons. The van der Waals surface area contributed by atoms with E-state index in [9.17, 15) is 9.90 Å². The van der Waals surface area contributed by atoms with Crippen LogP contribution in [0.15, 0.2) is 48.5 Å². The van der Waals surface area contributed by atoms with Gasteiger partial charge in [0.1, 0.15) is 5.82 Å². The molecule has 0 amide bonds. The van der Waals surface area contributed by atoms with Crippen molar-refractivity contribution < 1.29 is 9.90 Å². The van der Waals surface area contributed by atoms with E-state index in [1.165, 1.54) is 19.3 Å². The Balaban J connectivity index is 1.77. The van der Waals surface area contributed by atoms with Gasteiger partial charge in [-0.2, -0.15) is 5.10 Å². The monoisotopic (exact) mass is 405 g/mol. The Morgan fingerprint density at radius 3 is 2.43 bits per heavy atom. The van der Waals surface area contributed by atoms with E-state index in [1.54, 1.807) is 12.1 Å². The Kier molecular flexibility index (Phi) is 7.77. The van der Waals surface area contributed by atoms with Crippen LogP contribution < -0.4 is 0 Å². The van der Waals surface area contributed by atoms with Gasteiger partial charge in [0.05, 0.1) is 5.56 Å². The molecule has 5 heteroatoms. The number of carboxylic acids is 1. The fourth-order valence-electron chi connectivity index (χ4n) is 3.66. The number of aromatic carboxylic acids is 1. The minimum atomic E-state index is -0.908. The summed E-state index contributed by atoms with van der Waals surface area (Å²) in [6, 6.07) is 15.2. The van der Waals surface area contributed by atoms with Crippen molar-refractivity contribution in [3.05, 3.63) is 71.3 Å². The third-order valence-electron chi connectivity index (χ3n) is 5.27. The van der Waals surface area contributed by atoms with Gasteiger partial charge in [-0.15, -0.1) is 0 Å². The standard InChI is InChI=1S/C25H31N3O2/c1-3-5-6-9-17-28-24(26-23(27-28)10-4-2)18-19-13-15-20(16-14-19)21-11-7-8-12-22(21)25(29)30/h7-8,11-16H,3-6,9-10,17-18H2,1-2H3,(H,29,30). The fraction of sp³-hybridized carbons (Fsp3) is 0.400. The Morgan fingerprint density at radius 2 is 1.73 bits per heavy atom. The molecule has 158 valence electrons. The lowest BCUT2D eigenvalue weighted by atomic mass is 9.98. The van der Waals surface area contributed by atoms with Gasteiger partial charge in [-0.25, -0.2) is 14.5 Å². The number of benzene rings is 2. The van der Waals surface area contributed by atoms with E-state index in [-0.39, 0.29) is 0 Å². The molecule has 1 heterocycles. The summed E-state index contributed by atoms with van der Waals surface area (Å²) in [6.07, 6.45) is 7.49. The van der Waals surface area contributed by atoms with Crippen LogP contribution in [0, 0.1) is 0 Å². The highest BCUT2D eigenvalue weighted by molar-refractivity contribution is 5.95. The molecule has 2 aromatic carbocycles. The average molecular weight is 406 g/mol. The second kappa shape index (κ2) is 10.7. The maximum Gasteiger partial charge on any atom is 0.336 e. The highest BCUT2D eigenvalue weighted by Crippen LogP contribution is 2.24. The van der Waals surface area contributed by atoms with Gasteiger partial charge in [0, 0.05) is 19.4 Å². The maximum atomic E-state index is 11.5. The van der Waals surface area contributed by atoms with Crippen molar-refractivity contribution in [3.63, 3.8) is 0 Å². The lowest BCUT2D eigenvalue weighted by Crippen LogP contribution is -2.07. The molecular formula is C25H31N3O2. The number of rotatable bonds is 11. The first-order valence-electron chi connectivity index (χ1n) is 11.0. The zero-order chi connectivity index (χ0) is 21.3. The van der Waals surface area contributed by atoms with Crippen LogP contribution in [0.25, 0.3) is 11.1 Å². The van der Waals surface area contributed by atoms with E-state index in [1.807, 2.05) is 24.3 Å². The van der Waals surface area contributed by atoms with Crippen LogP contribution in [0.4, 0.5) is 0 Å². The van der Waals surface area contributed by atoms with E-state index in [2.05, 4.69) is 30.7 Å². The molecule has 0 saturated heterocycles. The van der Waals surface area contributed by atoms with Crippen LogP contribution in [-0.2, 0) is 19.4 Å². The van der Waals surface area contributed by atoms with Crippen molar-refractivity contribution in [2.24, 2.45) is 0 Å². The Hall–Kier alpha value is -2.95. The van der Waals surface area contributed by atoms with E-state index in [0.29, 0.717) is 5.56 Å². The lowest BCUT2D eigenvalue weighted by Gasteiger charge is -2.08. The number of hydrogen-bond donors (Lipinski definition) is 1. The molecule has 3 aromatic rings. The molecule has 0 bridgehead atoms. The zero-order valence-electron chi connectivity index (χ0n) is 18.0. The molecular weight excluding hydrogens is 374 g/mol. The number of nitrogens with zero attached hydrogens (tertiary/aromatic N) is 3. The van der Waals surface area contributed by atoms with Crippen molar-refractivity contribution in [1.82, 2.24) is 14.8 Å². The number of carbonyl (C=O) groups is 1. The van der Waals surface area contributed by atoms with Gasteiger partial charge in [0.15, 0.2) is 5.82 Å². The van der Waals surface area contributed by atoms with Crippen LogP contribution in [0.1, 0.15) is 73.5 Å². The molecule has 0 unspecified atom stereocenters. The van der Waals surface area contributed by atoms with E-state index < -0.39 is 5.97 Å². The minimum Gasteiger partial charge on any atom is -0.478 e. The van der Waals surface area contributed by atoms with Crippen molar-refractivity contribution in [2.45, 2.75) is 65.3 Å². The number of aromatic nitrogens is 3. The predicted molar refractivity (Wildman–Crippen MR) is 120 cm³/mol. The number of hydrogen-bond acceptors (Lipinski definition) is 3. The Bertz CT molecular complexity index is 961. The average Bonchev–Trinajstić information content (AvgIpc) is 3.13. The van der Waals surface area contributed by atoms with E-state index in [0.717, 1.165) is 60.6 Å². The zero-order valence-corrected chi connectivity index (χ0v) is 18.0. The van der Waals surface area contributed by atoms with Crippen LogP contribution in [0.3, 0.4) is 0 Å². The molecule has 0 fully saturated rings. The van der Waals surface area contributed by atoms with Crippen molar-refractivity contribution in [1.29, 1.82) is 0 Å². The highest BCUT2D eigenvalue weighted by atomic mass is 16.4. The third kappa shape index (κ3) is 5.56. The van der Waals surface area contributed by atoms with E-state index >= 15 is 0 Å². The molecule has 0 aliphatic carbocycles. The summed E-state index contributed by atoms with van der Waals surface area (Å²) in [6.45, 7) is 5.28. The molecule has 1 aromatic heterocycles. The van der Waals surface area contributed by atoms with Gasteiger partial charge in [-0.1, -0.05) is 75.6 Å². The Morgan fingerprint density at radius 1 is 0.967 bits per heavy atom. The first-order valence-corrected chi connectivity index (χ1v) is 11.0. The molecule has 0 aliphatic heterocycles. The summed E-state index contributed by atoms with van der Waals surface area (Å²) >= 11 is 0. The van der Waals surface area contributed by atoms with Crippen molar-refractivity contribution in [2.75, 3.05) is 0 Å². The third-order valence-corrected chi connectivity index (χ3v) is 5.27. The van der Waals surface area contributed by atoms with Crippen LogP contribution >= 0.6 is 0 Å². The predicted octanol–water partition coefficient (Wildman–Crippen LogP) is 5.77. The largest absolute Gasteiger partial charge is 0.478 e. The number of aryl methyl sites for hydroxylation is 2. The fourth-order valence-corrected chi connectivity index (χ4v) is 3.66.